The molecule has 0 aromatic carbocycles. The topological polar surface area (TPSA) is 56.1 Å². The molecular formula is C11H16ClN3O2. The molecule has 0 saturated carbocycles. The molecule has 0 radical (unpaired) electrons. The number of rotatable bonds is 6. The van der Waals surface area contributed by atoms with Gasteiger partial charge in [-0.25, -0.2) is 4.68 Å². The summed E-state index contributed by atoms with van der Waals surface area (Å²) in [4.78, 5) is 11.8. The Hall–Kier alpha value is -1.33. The monoisotopic (exact) mass is 257 g/mol. The molecule has 5 nitrogen and oxygen atoms in total. The van der Waals surface area contributed by atoms with Gasteiger partial charge < -0.3 is 10.1 Å². The van der Waals surface area contributed by atoms with Crippen LogP contribution in [-0.4, -0.2) is 29.5 Å². The second kappa shape index (κ2) is 6.42. The van der Waals surface area contributed by atoms with Gasteiger partial charge in [-0.15, -0.1) is 6.58 Å². The number of nitrogens with one attached hydrogen (secondary N) is 1. The molecule has 0 aliphatic rings. The third kappa shape index (κ3) is 3.57. The number of halogens is 1. The lowest BCUT2D eigenvalue weighted by Gasteiger charge is -2.12. The van der Waals surface area contributed by atoms with E-state index in [2.05, 4.69) is 17.0 Å². The Balaban J connectivity index is 2.94. The van der Waals surface area contributed by atoms with Crippen LogP contribution in [0.15, 0.2) is 23.6 Å². The average Bonchev–Trinajstić information content (AvgIpc) is 2.34. The van der Waals surface area contributed by atoms with E-state index in [-0.39, 0.29) is 16.6 Å². The van der Waals surface area contributed by atoms with Crippen molar-refractivity contribution >= 4 is 17.3 Å². The maximum Gasteiger partial charge on any atom is 0.287 e. The van der Waals surface area contributed by atoms with E-state index in [0.29, 0.717) is 18.8 Å². The summed E-state index contributed by atoms with van der Waals surface area (Å²) >= 11 is 5.97. The summed E-state index contributed by atoms with van der Waals surface area (Å²) < 4.78 is 6.15. The summed E-state index contributed by atoms with van der Waals surface area (Å²) in [5, 5.41) is 7.16. The minimum atomic E-state index is -0.329. The largest absolute Gasteiger partial charge is 0.383 e. The minimum absolute atomic E-state index is 0.0172. The van der Waals surface area contributed by atoms with Crippen LogP contribution in [-0.2, 0) is 11.3 Å². The zero-order valence-corrected chi connectivity index (χ0v) is 10.7. The molecule has 1 atom stereocenters. The van der Waals surface area contributed by atoms with Crippen molar-refractivity contribution in [1.29, 1.82) is 0 Å². The average molecular weight is 258 g/mol. The van der Waals surface area contributed by atoms with E-state index in [4.69, 9.17) is 16.3 Å². The lowest BCUT2D eigenvalue weighted by atomic mass is 10.3. The Morgan fingerprint density at radius 1 is 1.76 bits per heavy atom. The summed E-state index contributed by atoms with van der Waals surface area (Å²) in [6, 6.07) is 0.0172. The van der Waals surface area contributed by atoms with Crippen molar-refractivity contribution in [2.75, 3.05) is 19.0 Å². The molecule has 17 heavy (non-hydrogen) atoms. The van der Waals surface area contributed by atoms with Gasteiger partial charge in [0, 0.05) is 13.2 Å². The first kappa shape index (κ1) is 13.7. The number of methoxy groups -OCH3 is 1. The molecule has 1 rings (SSSR count). The second-order valence-electron chi connectivity index (χ2n) is 3.56. The fourth-order valence-corrected chi connectivity index (χ4v) is 1.41. The van der Waals surface area contributed by atoms with Crippen molar-refractivity contribution in [3.05, 3.63) is 34.2 Å². The summed E-state index contributed by atoms with van der Waals surface area (Å²) in [5.41, 5.74) is 0.183. The molecule has 0 amide bonds. The van der Waals surface area contributed by atoms with Crippen molar-refractivity contribution in [3.8, 4) is 0 Å². The Kier molecular flexibility index (Phi) is 5.18. The highest BCUT2D eigenvalue weighted by Crippen LogP contribution is 2.16. The van der Waals surface area contributed by atoms with E-state index in [1.54, 1.807) is 13.2 Å². The molecule has 1 heterocycles. The van der Waals surface area contributed by atoms with Crippen LogP contribution in [0.4, 0.5) is 5.69 Å². The number of hydrogen-bond acceptors (Lipinski definition) is 4. The highest BCUT2D eigenvalue weighted by atomic mass is 35.5. The normalized spacial score (nSPS) is 12.2. The molecule has 0 aliphatic heterocycles. The number of aromatic nitrogens is 2. The van der Waals surface area contributed by atoms with Gasteiger partial charge in [0.05, 0.1) is 25.0 Å². The Bertz CT molecular complexity index is 445. The lowest BCUT2D eigenvalue weighted by molar-refractivity contribution is 0.182. The fourth-order valence-electron chi connectivity index (χ4n) is 1.21. The summed E-state index contributed by atoms with van der Waals surface area (Å²) in [6.45, 7) is 6.34. The first-order valence-corrected chi connectivity index (χ1v) is 5.61. The van der Waals surface area contributed by atoms with Gasteiger partial charge in [0.2, 0.25) is 0 Å². The molecule has 0 saturated heterocycles. The quantitative estimate of drug-likeness (QED) is 0.786. The van der Waals surface area contributed by atoms with Crippen molar-refractivity contribution in [2.24, 2.45) is 0 Å². The molecule has 1 unspecified atom stereocenters. The van der Waals surface area contributed by atoms with Gasteiger partial charge in [-0.1, -0.05) is 17.7 Å². The van der Waals surface area contributed by atoms with Crippen LogP contribution in [0.1, 0.15) is 6.92 Å². The molecule has 0 aliphatic carbocycles. The van der Waals surface area contributed by atoms with Crippen molar-refractivity contribution < 1.29 is 4.74 Å². The molecule has 0 fully saturated rings. The zero-order valence-electron chi connectivity index (χ0n) is 9.94. The Morgan fingerprint density at radius 3 is 3.06 bits per heavy atom. The van der Waals surface area contributed by atoms with Gasteiger partial charge in [-0.3, -0.25) is 4.79 Å². The number of nitrogens with zero attached hydrogens (tertiary/aromatic N) is 2. The first-order chi connectivity index (χ1) is 8.10. The molecule has 6 heteroatoms. The standard InChI is InChI=1S/C11H16ClN3O2/c1-4-8(2)14-9-7-13-15(5-6-17-3)11(16)10(9)12/h4,7-8,14H,1,5-6H2,2-3H3. The Morgan fingerprint density at radius 2 is 2.47 bits per heavy atom. The van der Waals surface area contributed by atoms with E-state index < -0.39 is 0 Å². The molecule has 0 bridgehead atoms. The predicted octanol–water partition coefficient (Wildman–Crippen LogP) is 1.53. The minimum Gasteiger partial charge on any atom is -0.383 e. The van der Waals surface area contributed by atoms with Gasteiger partial charge in [0.1, 0.15) is 5.02 Å². The van der Waals surface area contributed by atoms with E-state index >= 15 is 0 Å². The summed E-state index contributed by atoms with van der Waals surface area (Å²) in [7, 11) is 1.56. The van der Waals surface area contributed by atoms with Crippen LogP contribution in [0.2, 0.25) is 5.02 Å². The molecular weight excluding hydrogens is 242 g/mol. The van der Waals surface area contributed by atoms with Crippen LogP contribution in [0, 0.1) is 0 Å². The molecule has 1 N–H and O–H groups in total. The van der Waals surface area contributed by atoms with Gasteiger partial charge in [-0.05, 0) is 6.92 Å². The molecule has 94 valence electrons. The third-order valence-corrected chi connectivity index (χ3v) is 2.59. The first-order valence-electron chi connectivity index (χ1n) is 5.23. The van der Waals surface area contributed by atoms with E-state index in [9.17, 15) is 4.79 Å². The molecule has 1 aromatic rings. The van der Waals surface area contributed by atoms with Crippen molar-refractivity contribution in [2.45, 2.75) is 19.5 Å². The van der Waals surface area contributed by atoms with E-state index in [1.807, 2.05) is 6.92 Å². The van der Waals surface area contributed by atoms with Crippen LogP contribution in [0.25, 0.3) is 0 Å². The maximum absolute atomic E-state index is 11.8. The van der Waals surface area contributed by atoms with Gasteiger partial charge in [-0.2, -0.15) is 5.10 Å². The SMILES string of the molecule is C=CC(C)Nc1cnn(CCOC)c(=O)c1Cl. The zero-order chi connectivity index (χ0) is 12.8. The number of anilines is 1. The Labute approximate surface area is 105 Å². The fraction of sp³-hybridized carbons (Fsp3) is 0.455. The number of ether oxygens (including phenoxy) is 1. The van der Waals surface area contributed by atoms with E-state index in [1.165, 1.54) is 10.9 Å². The van der Waals surface area contributed by atoms with Gasteiger partial charge in [0.15, 0.2) is 0 Å². The van der Waals surface area contributed by atoms with Crippen molar-refractivity contribution in [3.63, 3.8) is 0 Å². The van der Waals surface area contributed by atoms with Crippen molar-refractivity contribution in [1.82, 2.24) is 9.78 Å². The highest BCUT2D eigenvalue weighted by molar-refractivity contribution is 6.32. The smallest absolute Gasteiger partial charge is 0.287 e. The molecule has 0 spiro atoms. The molecule has 1 aromatic heterocycles. The van der Waals surface area contributed by atoms with Crippen LogP contribution in [0.5, 0.6) is 0 Å². The third-order valence-electron chi connectivity index (χ3n) is 2.23. The van der Waals surface area contributed by atoms with Gasteiger partial charge in [0.25, 0.3) is 5.56 Å². The van der Waals surface area contributed by atoms with E-state index in [0.717, 1.165) is 0 Å². The van der Waals surface area contributed by atoms with Crippen LogP contribution in [0.3, 0.4) is 0 Å². The van der Waals surface area contributed by atoms with Crippen LogP contribution >= 0.6 is 11.6 Å². The predicted molar refractivity (Wildman–Crippen MR) is 68.7 cm³/mol. The summed E-state index contributed by atoms with van der Waals surface area (Å²) in [5.74, 6) is 0. The second-order valence-corrected chi connectivity index (χ2v) is 3.94. The summed E-state index contributed by atoms with van der Waals surface area (Å²) in [6.07, 6.45) is 3.24. The highest BCUT2D eigenvalue weighted by Gasteiger charge is 2.09. The number of hydrogen-bond donors (Lipinski definition) is 1. The lowest BCUT2D eigenvalue weighted by Crippen LogP contribution is -2.26. The van der Waals surface area contributed by atoms with Crippen LogP contribution < -0.4 is 10.9 Å². The maximum atomic E-state index is 11.8. The van der Waals surface area contributed by atoms with Gasteiger partial charge >= 0.3 is 0 Å².